The molecule has 1 aromatic heterocycles. The van der Waals surface area contributed by atoms with E-state index >= 15 is 0 Å². The predicted molar refractivity (Wildman–Crippen MR) is 110 cm³/mol. The lowest BCUT2D eigenvalue weighted by Gasteiger charge is -2.16. The predicted octanol–water partition coefficient (Wildman–Crippen LogP) is 5.69. The van der Waals surface area contributed by atoms with E-state index in [0.717, 1.165) is 30.6 Å². The molecule has 3 rings (SSSR count). The van der Waals surface area contributed by atoms with Gasteiger partial charge in [-0.15, -0.1) is 0 Å². The Morgan fingerprint density at radius 2 is 1.75 bits per heavy atom. The van der Waals surface area contributed by atoms with Crippen LogP contribution in [0.1, 0.15) is 60.2 Å². The van der Waals surface area contributed by atoms with Crippen LogP contribution < -0.4 is 10.1 Å². The quantitative estimate of drug-likeness (QED) is 0.521. The Labute approximate surface area is 166 Å². The fourth-order valence-corrected chi connectivity index (χ4v) is 3.11. The maximum atomic E-state index is 12.5. The van der Waals surface area contributed by atoms with E-state index in [1.807, 2.05) is 49.4 Å². The number of nitrogens with one attached hydrogen (secondary N) is 1. The molecule has 0 aliphatic rings. The van der Waals surface area contributed by atoms with Crippen molar-refractivity contribution in [2.24, 2.45) is 0 Å². The lowest BCUT2D eigenvalue weighted by Crippen LogP contribution is -2.27. The molecule has 4 heteroatoms. The smallest absolute Gasteiger partial charge is 0.287 e. The highest BCUT2D eigenvalue weighted by atomic mass is 16.5. The first-order valence-corrected chi connectivity index (χ1v) is 9.85. The molecule has 0 saturated heterocycles. The Balaban J connectivity index is 1.56. The van der Waals surface area contributed by atoms with Crippen LogP contribution >= 0.6 is 0 Å². The summed E-state index contributed by atoms with van der Waals surface area (Å²) < 4.78 is 11.4. The van der Waals surface area contributed by atoms with Gasteiger partial charge in [0.2, 0.25) is 0 Å². The lowest BCUT2D eigenvalue weighted by atomic mass is 10.0. The van der Waals surface area contributed by atoms with Crippen LogP contribution in [0.4, 0.5) is 0 Å². The number of rotatable bonds is 9. The number of furan rings is 1. The number of ether oxygens (including phenoxy) is 1. The van der Waals surface area contributed by atoms with E-state index in [1.54, 1.807) is 12.1 Å². The molecule has 1 atom stereocenters. The van der Waals surface area contributed by atoms with Gasteiger partial charge >= 0.3 is 0 Å². The zero-order valence-electron chi connectivity index (χ0n) is 16.5. The number of benzene rings is 2. The van der Waals surface area contributed by atoms with Crippen molar-refractivity contribution in [3.8, 4) is 5.75 Å². The molecule has 1 heterocycles. The third kappa shape index (κ3) is 5.26. The van der Waals surface area contributed by atoms with Crippen LogP contribution in [0.5, 0.6) is 5.75 Å². The Bertz CT molecular complexity index is 868. The molecule has 1 amide bonds. The second kappa shape index (κ2) is 9.79. The van der Waals surface area contributed by atoms with Crippen LogP contribution in [0.15, 0.2) is 71.1 Å². The van der Waals surface area contributed by atoms with Crippen molar-refractivity contribution in [2.75, 3.05) is 0 Å². The van der Waals surface area contributed by atoms with Crippen molar-refractivity contribution in [3.63, 3.8) is 0 Å². The van der Waals surface area contributed by atoms with Gasteiger partial charge in [-0.3, -0.25) is 4.79 Å². The van der Waals surface area contributed by atoms with Gasteiger partial charge in [0.15, 0.2) is 5.76 Å². The monoisotopic (exact) mass is 377 g/mol. The first kappa shape index (κ1) is 19.7. The van der Waals surface area contributed by atoms with Crippen LogP contribution in [-0.2, 0) is 13.0 Å². The van der Waals surface area contributed by atoms with Crippen molar-refractivity contribution in [1.82, 2.24) is 5.32 Å². The zero-order chi connectivity index (χ0) is 19.8. The molecule has 0 radical (unpaired) electrons. The van der Waals surface area contributed by atoms with Crippen molar-refractivity contribution in [1.29, 1.82) is 0 Å². The molecule has 0 fully saturated rings. The van der Waals surface area contributed by atoms with Crippen molar-refractivity contribution in [2.45, 2.75) is 45.8 Å². The SMILES string of the molecule is CCCc1ccc(OCc2ccc(C(=O)NC(CC)c3ccccc3)o2)cc1. The van der Waals surface area contributed by atoms with E-state index in [-0.39, 0.29) is 18.6 Å². The highest BCUT2D eigenvalue weighted by Crippen LogP contribution is 2.19. The Morgan fingerprint density at radius 3 is 2.43 bits per heavy atom. The average molecular weight is 377 g/mol. The maximum absolute atomic E-state index is 12.5. The summed E-state index contributed by atoms with van der Waals surface area (Å²) in [5.74, 6) is 1.49. The first-order chi connectivity index (χ1) is 13.7. The van der Waals surface area contributed by atoms with Gasteiger partial charge in [0, 0.05) is 0 Å². The van der Waals surface area contributed by atoms with E-state index in [2.05, 4.69) is 24.4 Å². The van der Waals surface area contributed by atoms with Crippen LogP contribution in [0.2, 0.25) is 0 Å². The molecule has 0 bridgehead atoms. The third-order valence-electron chi connectivity index (χ3n) is 4.64. The van der Waals surface area contributed by atoms with Gasteiger partial charge in [-0.1, -0.05) is 62.7 Å². The summed E-state index contributed by atoms with van der Waals surface area (Å²) in [5, 5.41) is 3.03. The highest BCUT2D eigenvalue weighted by Gasteiger charge is 2.17. The minimum atomic E-state index is -0.217. The molecule has 0 aliphatic heterocycles. The summed E-state index contributed by atoms with van der Waals surface area (Å²) in [5.41, 5.74) is 2.38. The Hall–Kier alpha value is -3.01. The van der Waals surface area contributed by atoms with E-state index in [1.165, 1.54) is 5.56 Å². The van der Waals surface area contributed by atoms with E-state index in [4.69, 9.17) is 9.15 Å². The summed E-state index contributed by atoms with van der Waals surface area (Å²) in [6.07, 6.45) is 3.00. The minimum absolute atomic E-state index is 0.0415. The minimum Gasteiger partial charge on any atom is -0.486 e. The van der Waals surface area contributed by atoms with Gasteiger partial charge in [0.05, 0.1) is 6.04 Å². The first-order valence-electron chi connectivity index (χ1n) is 9.85. The number of hydrogen-bond acceptors (Lipinski definition) is 3. The summed E-state index contributed by atoms with van der Waals surface area (Å²) in [6, 6.07) is 21.5. The van der Waals surface area contributed by atoms with Gasteiger partial charge in [-0.2, -0.15) is 0 Å². The third-order valence-corrected chi connectivity index (χ3v) is 4.64. The van der Waals surface area contributed by atoms with E-state index < -0.39 is 0 Å². The molecule has 146 valence electrons. The second-order valence-corrected chi connectivity index (χ2v) is 6.79. The number of carbonyl (C=O) groups is 1. The summed E-state index contributed by atoms with van der Waals surface area (Å²) in [6.45, 7) is 4.50. The molecular weight excluding hydrogens is 350 g/mol. The summed E-state index contributed by atoms with van der Waals surface area (Å²) >= 11 is 0. The van der Waals surface area contributed by atoms with Crippen LogP contribution in [-0.4, -0.2) is 5.91 Å². The number of aryl methyl sites for hydroxylation is 1. The van der Waals surface area contributed by atoms with Gasteiger partial charge in [0.1, 0.15) is 18.1 Å². The number of amides is 1. The Morgan fingerprint density at radius 1 is 1.00 bits per heavy atom. The fourth-order valence-electron chi connectivity index (χ4n) is 3.11. The van der Waals surface area contributed by atoms with Crippen molar-refractivity contribution < 1.29 is 13.9 Å². The topological polar surface area (TPSA) is 51.5 Å². The molecule has 0 spiro atoms. The molecule has 28 heavy (non-hydrogen) atoms. The number of hydrogen-bond donors (Lipinski definition) is 1. The number of carbonyl (C=O) groups excluding carboxylic acids is 1. The molecule has 0 saturated carbocycles. The Kier molecular flexibility index (Phi) is 6.90. The van der Waals surface area contributed by atoms with Crippen LogP contribution in [0.3, 0.4) is 0 Å². The zero-order valence-corrected chi connectivity index (χ0v) is 16.5. The van der Waals surface area contributed by atoms with E-state index in [9.17, 15) is 4.79 Å². The van der Waals surface area contributed by atoms with Gasteiger partial charge < -0.3 is 14.5 Å². The molecule has 1 unspecified atom stereocenters. The van der Waals surface area contributed by atoms with E-state index in [0.29, 0.717) is 11.5 Å². The molecule has 4 nitrogen and oxygen atoms in total. The van der Waals surface area contributed by atoms with Gasteiger partial charge in [-0.05, 0) is 48.2 Å². The normalized spacial score (nSPS) is 11.8. The summed E-state index contributed by atoms with van der Waals surface area (Å²) in [7, 11) is 0. The van der Waals surface area contributed by atoms with Crippen LogP contribution in [0, 0.1) is 0 Å². The van der Waals surface area contributed by atoms with Crippen molar-refractivity contribution in [3.05, 3.63) is 89.4 Å². The maximum Gasteiger partial charge on any atom is 0.287 e. The molecule has 3 aromatic rings. The van der Waals surface area contributed by atoms with Gasteiger partial charge in [-0.25, -0.2) is 0 Å². The molecular formula is C24H27NO3. The second-order valence-electron chi connectivity index (χ2n) is 6.79. The summed E-state index contributed by atoms with van der Waals surface area (Å²) in [4.78, 5) is 12.5. The molecule has 1 N–H and O–H groups in total. The largest absolute Gasteiger partial charge is 0.486 e. The van der Waals surface area contributed by atoms with Gasteiger partial charge in [0.25, 0.3) is 5.91 Å². The standard InChI is InChI=1S/C24H27NO3/c1-3-8-18-11-13-20(14-12-18)27-17-21-15-16-23(28-21)24(26)25-22(4-2)19-9-6-5-7-10-19/h5-7,9-16,22H,3-4,8,17H2,1-2H3,(H,25,26). The van der Waals surface area contributed by atoms with Crippen molar-refractivity contribution >= 4 is 5.91 Å². The fraction of sp³-hybridized carbons (Fsp3) is 0.292. The highest BCUT2D eigenvalue weighted by molar-refractivity contribution is 5.91. The average Bonchev–Trinajstić information content (AvgIpc) is 3.21. The van der Waals surface area contributed by atoms with Crippen LogP contribution in [0.25, 0.3) is 0 Å². The molecule has 0 aliphatic carbocycles. The lowest BCUT2D eigenvalue weighted by molar-refractivity contribution is 0.0903. The molecule has 2 aromatic carbocycles.